The molecule has 0 aliphatic rings. The van der Waals surface area contributed by atoms with Gasteiger partial charge in [0, 0.05) is 35.6 Å². The van der Waals surface area contributed by atoms with Gasteiger partial charge in [0.15, 0.2) is 0 Å². The Labute approximate surface area is 163 Å². The number of hydrogen-bond donors (Lipinski definition) is 1. The fourth-order valence-electron chi connectivity index (χ4n) is 1.77. The summed E-state index contributed by atoms with van der Waals surface area (Å²) >= 11 is 0. The van der Waals surface area contributed by atoms with Crippen LogP contribution < -0.4 is 0 Å². The van der Waals surface area contributed by atoms with Gasteiger partial charge in [-0.2, -0.15) is 8.42 Å². The van der Waals surface area contributed by atoms with Gasteiger partial charge in [-0.15, -0.1) is 0 Å². The molecule has 0 aromatic carbocycles. The molecule has 0 aliphatic heterocycles. The molecule has 0 aromatic rings. The monoisotopic (exact) mass is 413 g/mol. The van der Waals surface area contributed by atoms with E-state index >= 15 is 0 Å². The van der Waals surface area contributed by atoms with E-state index in [1.54, 1.807) is 0 Å². The van der Waals surface area contributed by atoms with E-state index in [0.29, 0.717) is 6.42 Å². The van der Waals surface area contributed by atoms with E-state index in [4.69, 9.17) is 4.55 Å². The molecule has 0 saturated carbocycles. The van der Waals surface area contributed by atoms with Crippen molar-refractivity contribution in [2.75, 3.05) is 5.75 Å². The summed E-state index contributed by atoms with van der Waals surface area (Å²) < 4.78 is 29.4. The molecule has 1 N–H and O–H groups in total. The topological polar surface area (TPSA) is 54.4 Å². The van der Waals surface area contributed by atoms with Crippen molar-refractivity contribution in [2.45, 2.75) is 71.1 Å². The summed E-state index contributed by atoms with van der Waals surface area (Å²) in [5.74, 6) is -0.0799. The molecular formula is C12H27LaNaO3S. The normalized spacial score (nSPS) is 10.6. The van der Waals surface area contributed by atoms with Crippen LogP contribution in [0.1, 0.15) is 71.1 Å². The molecule has 0 bridgehead atoms. The zero-order valence-electron chi connectivity index (χ0n) is 11.0. The van der Waals surface area contributed by atoms with Crippen LogP contribution in [0.2, 0.25) is 0 Å². The zero-order chi connectivity index (χ0) is 12.3. The molecule has 3 nitrogen and oxygen atoms in total. The minimum absolute atomic E-state index is 0. The molecule has 6 heteroatoms. The second-order valence-electron chi connectivity index (χ2n) is 4.47. The SMILES string of the molecule is CCCCCCCCCCCCS(=O)(=O)O.[La].[NaH]. The van der Waals surface area contributed by atoms with Crippen molar-refractivity contribution in [2.24, 2.45) is 0 Å². The van der Waals surface area contributed by atoms with Gasteiger partial charge in [0.25, 0.3) is 10.1 Å². The second kappa shape index (κ2) is 17.2. The van der Waals surface area contributed by atoms with Crippen LogP contribution in [0.5, 0.6) is 0 Å². The van der Waals surface area contributed by atoms with Crippen LogP contribution in [0.4, 0.5) is 0 Å². The first-order chi connectivity index (χ1) is 7.56. The van der Waals surface area contributed by atoms with Crippen molar-refractivity contribution in [3.8, 4) is 0 Å². The van der Waals surface area contributed by atoms with Crippen molar-refractivity contribution in [3.63, 3.8) is 0 Å². The predicted molar refractivity (Wildman–Crippen MR) is 75.4 cm³/mol. The van der Waals surface area contributed by atoms with E-state index in [1.165, 1.54) is 44.9 Å². The first-order valence-electron chi connectivity index (χ1n) is 6.51. The summed E-state index contributed by atoms with van der Waals surface area (Å²) in [5.41, 5.74) is 0. The molecule has 0 aromatic heterocycles. The minimum atomic E-state index is -3.73. The Morgan fingerprint density at radius 1 is 0.778 bits per heavy atom. The predicted octanol–water partition coefficient (Wildman–Crippen LogP) is 3.15. The third-order valence-electron chi connectivity index (χ3n) is 2.76. The fourth-order valence-corrected chi connectivity index (χ4v) is 2.34. The molecule has 0 rings (SSSR count). The summed E-state index contributed by atoms with van der Waals surface area (Å²) in [4.78, 5) is 0. The molecule has 0 aliphatic carbocycles. The van der Waals surface area contributed by atoms with E-state index in [2.05, 4.69) is 6.92 Å². The van der Waals surface area contributed by atoms with Gasteiger partial charge in [-0.25, -0.2) is 0 Å². The van der Waals surface area contributed by atoms with E-state index in [-0.39, 0.29) is 70.9 Å². The van der Waals surface area contributed by atoms with Crippen molar-refractivity contribution in [1.82, 2.24) is 0 Å². The molecule has 0 amide bonds. The van der Waals surface area contributed by atoms with Gasteiger partial charge >= 0.3 is 29.6 Å². The average Bonchev–Trinajstić information content (AvgIpc) is 2.19. The third kappa shape index (κ3) is 23.2. The number of hydrogen-bond acceptors (Lipinski definition) is 2. The Bertz CT molecular complexity index is 246. The van der Waals surface area contributed by atoms with Crippen molar-refractivity contribution >= 4 is 39.7 Å². The quantitative estimate of drug-likeness (QED) is 0.322. The van der Waals surface area contributed by atoms with Crippen molar-refractivity contribution in [3.05, 3.63) is 0 Å². The first kappa shape index (κ1) is 25.1. The van der Waals surface area contributed by atoms with Gasteiger partial charge in [0.1, 0.15) is 0 Å². The molecule has 103 valence electrons. The van der Waals surface area contributed by atoms with Crippen LogP contribution >= 0.6 is 0 Å². The number of rotatable bonds is 11. The third-order valence-corrected chi connectivity index (χ3v) is 3.56. The van der Waals surface area contributed by atoms with E-state index in [0.717, 1.165) is 12.8 Å². The maximum absolute atomic E-state index is 10.4. The Morgan fingerprint density at radius 3 is 1.44 bits per heavy atom. The van der Waals surface area contributed by atoms with Crippen LogP contribution in [-0.2, 0) is 10.1 Å². The van der Waals surface area contributed by atoms with Crippen molar-refractivity contribution < 1.29 is 48.6 Å². The average molecular weight is 413 g/mol. The maximum atomic E-state index is 10.4. The molecule has 0 heterocycles. The van der Waals surface area contributed by atoms with Crippen LogP contribution in [0.15, 0.2) is 0 Å². The molecule has 0 saturated heterocycles. The zero-order valence-corrected chi connectivity index (χ0v) is 15.5. The van der Waals surface area contributed by atoms with Crippen LogP contribution in [-0.4, -0.2) is 48.3 Å². The first-order valence-corrected chi connectivity index (χ1v) is 8.12. The molecule has 0 unspecified atom stereocenters. The Morgan fingerprint density at radius 2 is 1.11 bits per heavy atom. The molecule has 0 spiro atoms. The summed E-state index contributed by atoms with van der Waals surface area (Å²) in [6.07, 6.45) is 11.7. The van der Waals surface area contributed by atoms with Crippen molar-refractivity contribution in [1.29, 1.82) is 0 Å². The van der Waals surface area contributed by atoms with Crippen LogP contribution in [0, 0.1) is 35.6 Å². The molecule has 0 atom stereocenters. The Balaban J connectivity index is -0.00000112. The van der Waals surface area contributed by atoms with Crippen LogP contribution in [0.25, 0.3) is 0 Å². The standard InChI is InChI=1S/C12H26O3S.La.Na.H/c1-2-3-4-5-6-7-8-9-10-11-12-16(13,14)15;;;/h2-12H2,1H3,(H,13,14,15);;;. The summed E-state index contributed by atoms with van der Waals surface area (Å²) in [7, 11) is -3.73. The van der Waals surface area contributed by atoms with E-state index in [1.807, 2.05) is 0 Å². The van der Waals surface area contributed by atoms with E-state index in [9.17, 15) is 8.42 Å². The molecule has 0 fully saturated rings. The van der Waals surface area contributed by atoms with Gasteiger partial charge in [-0.3, -0.25) is 4.55 Å². The molecular weight excluding hydrogens is 386 g/mol. The van der Waals surface area contributed by atoms with Gasteiger partial charge in [0.05, 0.1) is 5.75 Å². The second-order valence-corrected chi connectivity index (χ2v) is 6.04. The Kier molecular flexibility index (Phi) is 23.9. The van der Waals surface area contributed by atoms with Crippen LogP contribution in [0.3, 0.4) is 0 Å². The van der Waals surface area contributed by atoms with Gasteiger partial charge in [-0.05, 0) is 6.42 Å². The summed E-state index contributed by atoms with van der Waals surface area (Å²) in [5, 5.41) is 0. The summed E-state index contributed by atoms with van der Waals surface area (Å²) in [6.45, 7) is 2.22. The van der Waals surface area contributed by atoms with E-state index < -0.39 is 10.1 Å². The summed E-state index contributed by atoms with van der Waals surface area (Å²) in [6, 6.07) is 0. The fraction of sp³-hybridized carbons (Fsp3) is 1.00. The van der Waals surface area contributed by atoms with Gasteiger partial charge in [-0.1, -0.05) is 64.7 Å². The molecule has 1 radical (unpaired) electrons. The van der Waals surface area contributed by atoms with Gasteiger partial charge in [0.2, 0.25) is 0 Å². The van der Waals surface area contributed by atoms with Gasteiger partial charge < -0.3 is 0 Å². The Hall–Kier alpha value is 2.10. The molecule has 18 heavy (non-hydrogen) atoms. The number of unbranched alkanes of at least 4 members (excludes halogenated alkanes) is 9.